The van der Waals surface area contributed by atoms with E-state index in [1.807, 2.05) is 56.8 Å². The van der Waals surface area contributed by atoms with Gasteiger partial charge < -0.3 is 15.3 Å². The van der Waals surface area contributed by atoms with Gasteiger partial charge in [-0.1, -0.05) is 18.2 Å². The summed E-state index contributed by atoms with van der Waals surface area (Å²) in [5.74, 6) is 0.820. The first kappa shape index (κ1) is 21.8. The van der Waals surface area contributed by atoms with Gasteiger partial charge >= 0.3 is 0 Å². The number of aromatic nitrogens is 6. The predicted octanol–water partition coefficient (Wildman–Crippen LogP) is 2.29. The molecule has 2 N–H and O–H groups in total. The molecule has 10 heteroatoms. The van der Waals surface area contributed by atoms with Gasteiger partial charge in [-0.15, -0.1) is 0 Å². The Balaban J connectivity index is 1.38. The summed E-state index contributed by atoms with van der Waals surface area (Å²) in [4.78, 5) is 23.0. The summed E-state index contributed by atoms with van der Waals surface area (Å²) in [6.07, 6.45) is 7.63. The van der Waals surface area contributed by atoms with Crippen LogP contribution in [0.1, 0.15) is 30.5 Å². The predicted molar refractivity (Wildman–Crippen MR) is 126 cm³/mol. The number of aliphatic hydroxyl groups is 1. The largest absolute Gasteiger partial charge is 0.375 e. The second-order valence-corrected chi connectivity index (χ2v) is 8.62. The molecule has 1 aliphatic rings. The maximum absolute atomic E-state index is 12.5. The van der Waals surface area contributed by atoms with Gasteiger partial charge in [0.05, 0.1) is 17.9 Å². The van der Waals surface area contributed by atoms with Crippen molar-refractivity contribution >= 4 is 11.9 Å². The maximum atomic E-state index is 12.5. The molecule has 3 aromatic heterocycles. The molecule has 4 heterocycles. The topological polar surface area (TPSA) is 114 Å². The van der Waals surface area contributed by atoms with Crippen molar-refractivity contribution in [2.24, 2.45) is 7.05 Å². The quantitative estimate of drug-likeness (QED) is 0.456. The number of amides is 1. The third-order valence-electron chi connectivity index (χ3n) is 6.18. The summed E-state index contributed by atoms with van der Waals surface area (Å²) in [6.45, 7) is 2.55. The number of nitrogens with zero attached hydrogens (tertiary/aromatic N) is 7. The van der Waals surface area contributed by atoms with E-state index in [1.165, 1.54) is 0 Å². The Labute approximate surface area is 196 Å². The van der Waals surface area contributed by atoms with E-state index in [-0.39, 0.29) is 11.9 Å². The number of hydrogen-bond acceptors (Lipinski definition) is 7. The molecule has 174 valence electrons. The molecular formula is C24H26N8O2. The van der Waals surface area contributed by atoms with E-state index in [1.54, 1.807) is 39.6 Å². The number of benzene rings is 1. The Morgan fingerprint density at radius 3 is 2.79 bits per heavy atom. The van der Waals surface area contributed by atoms with Gasteiger partial charge in [0.1, 0.15) is 0 Å². The molecule has 1 aromatic carbocycles. The Morgan fingerprint density at radius 2 is 2.06 bits per heavy atom. The van der Waals surface area contributed by atoms with Crippen molar-refractivity contribution in [2.45, 2.75) is 25.0 Å². The van der Waals surface area contributed by atoms with Gasteiger partial charge in [-0.3, -0.25) is 9.48 Å². The average Bonchev–Trinajstić information content (AvgIpc) is 3.57. The van der Waals surface area contributed by atoms with Gasteiger partial charge in [-0.05, 0) is 24.6 Å². The lowest BCUT2D eigenvalue weighted by Crippen LogP contribution is -2.36. The standard InChI is InChI=1S/C24H26N8O2/c1-16(18-14-26-31(3)15-18)27-23-25-10-7-21(28-23)32-11-8-20(29-32)17-5-4-6-19(13-17)24(34)9-12-30(2)22(24)33/h4-8,10-11,13-16,34H,9,12H2,1-3H3,(H,25,27,28)/t16-,24-/m1/s1. The molecule has 4 aromatic rings. The minimum Gasteiger partial charge on any atom is -0.375 e. The van der Waals surface area contributed by atoms with E-state index in [9.17, 15) is 9.90 Å². The maximum Gasteiger partial charge on any atom is 0.258 e. The van der Waals surface area contributed by atoms with E-state index < -0.39 is 5.60 Å². The lowest BCUT2D eigenvalue weighted by Gasteiger charge is -2.21. The molecule has 0 saturated carbocycles. The molecule has 1 fully saturated rings. The van der Waals surface area contributed by atoms with Gasteiger partial charge in [-0.25, -0.2) is 9.67 Å². The van der Waals surface area contributed by atoms with E-state index in [0.717, 1.165) is 11.1 Å². The zero-order valence-electron chi connectivity index (χ0n) is 19.3. The summed E-state index contributed by atoms with van der Waals surface area (Å²) in [6, 6.07) is 11.0. The zero-order valence-corrected chi connectivity index (χ0v) is 19.3. The molecule has 10 nitrogen and oxygen atoms in total. The van der Waals surface area contributed by atoms with Crippen LogP contribution in [0.3, 0.4) is 0 Å². The van der Waals surface area contributed by atoms with E-state index in [4.69, 9.17) is 0 Å². The summed E-state index contributed by atoms with van der Waals surface area (Å²) in [5, 5.41) is 23.2. The van der Waals surface area contributed by atoms with Crippen molar-refractivity contribution in [2.75, 3.05) is 18.9 Å². The lowest BCUT2D eigenvalue weighted by molar-refractivity contribution is -0.143. The van der Waals surface area contributed by atoms with Crippen LogP contribution in [0.5, 0.6) is 0 Å². The fourth-order valence-electron chi connectivity index (χ4n) is 4.15. The number of likely N-dealkylation sites (tertiary alicyclic amines) is 1. The third kappa shape index (κ3) is 3.92. The van der Waals surface area contributed by atoms with Crippen molar-refractivity contribution in [1.82, 2.24) is 34.4 Å². The molecule has 0 aliphatic carbocycles. The second kappa shape index (κ2) is 8.38. The minimum atomic E-state index is -1.49. The Morgan fingerprint density at radius 1 is 1.21 bits per heavy atom. The lowest BCUT2D eigenvalue weighted by atomic mass is 9.90. The molecule has 5 rings (SSSR count). The van der Waals surface area contributed by atoms with E-state index in [2.05, 4.69) is 25.5 Å². The van der Waals surface area contributed by atoms with Crippen LogP contribution in [0.2, 0.25) is 0 Å². The number of carbonyl (C=O) groups is 1. The first-order valence-electron chi connectivity index (χ1n) is 11.1. The minimum absolute atomic E-state index is 0.0111. The Hall–Kier alpha value is -4.05. The van der Waals surface area contributed by atoms with Crippen LogP contribution in [0, 0.1) is 0 Å². The molecule has 0 spiro atoms. The van der Waals surface area contributed by atoms with Gasteiger partial charge in [0.2, 0.25) is 5.95 Å². The van der Waals surface area contributed by atoms with Gasteiger partial charge in [-0.2, -0.15) is 15.2 Å². The van der Waals surface area contributed by atoms with Crippen LogP contribution in [0.4, 0.5) is 5.95 Å². The molecule has 1 amide bonds. The molecule has 0 unspecified atom stereocenters. The number of carbonyl (C=O) groups excluding carboxylic acids is 1. The molecule has 0 bridgehead atoms. The van der Waals surface area contributed by atoms with Crippen molar-refractivity contribution in [3.8, 4) is 17.1 Å². The first-order valence-corrected chi connectivity index (χ1v) is 11.1. The van der Waals surface area contributed by atoms with Gasteiger partial charge in [0.15, 0.2) is 11.4 Å². The molecule has 1 aliphatic heterocycles. The zero-order chi connectivity index (χ0) is 23.9. The van der Waals surface area contributed by atoms with Crippen molar-refractivity contribution in [3.05, 3.63) is 72.3 Å². The average molecular weight is 459 g/mol. The van der Waals surface area contributed by atoms with Crippen molar-refractivity contribution in [3.63, 3.8) is 0 Å². The highest BCUT2D eigenvalue weighted by Gasteiger charge is 2.45. The monoisotopic (exact) mass is 458 g/mol. The van der Waals surface area contributed by atoms with Crippen LogP contribution in [0.25, 0.3) is 17.1 Å². The molecule has 2 atom stereocenters. The number of rotatable bonds is 6. The van der Waals surface area contributed by atoms with Gasteiger partial charge in [0, 0.05) is 62.8 Å². The smallest absolute Gasteiger partial charge is 0.258 e. The van der Waals surface area contributed by atoms with Crippen LogP contribution >= 0.6 is 0 Å². The molecule has 34 heavy (non-hydrogen) atoms. The number of hydrogen-bond donors (Lipinski definition) is 2. The van der Waals surface area contributed by atoms with E-state index >= 15 is 0 Å². The Bertz CT molecular complexity index is 1350. The van der Waals surface area contributed by atoms with Crippen LogP contribution < -0.4 is 5.32 Å². The fourth-order valence-corrected chi connectivity index (χ4v) is 4.15. The summed E-state index contributed by atoms with van der Waals surface area (Å²) in [5.41, 5.74) is 1.63. The number of likely N-dealkylation sites (N-methyl/N-ethyl adjacent to an activating group) is 1. The van der Waals surface area contributed by atoms with Crippen LogP contribution in [-0.2, 0) is 17.4 Å². The Kier molecular flexibility index (Phi) is 5.37. The summed E-state index contributed by atoms with van der Waals surface area (Å²) >= 11 is 0. The SMILES string of the molecule is C[C@@H](Nc1nccc(-n2ccc(-c3cccc([C@]4(O)CCN(C)C4=O)c3)n2)n1)c1cnn(C)c1. The highest BCUT2D eigenvalue weighted by molar-refractivity contribution is 5.88. The third-order valence-corrected chi connectivity index (χ3v) is 6.18. The summed E-state index contributed by atoms with van der Waals surface area (Å²) < 4.78 is 3.43. The van der Waals surface area contributed by atoms with Crippen molar-refractivity contribution < 1.29 is 9.90 Å². The van der Waals surface area contributed by atoms with E-state index in [0.29, 0.717) is 36.0 Å². The number of nitrogens with one attached hydrogen (secondary N) is 1. The second-order valence-electron chi connectivity index (χ2n) is 8.62. The normalized spacial score (nSPS) is 18.9. The molecule has 0 radical (unpaired) electrons. The first-order chi connectivity index (χ1) is 16.3. The van der Waals surface area contributed by atoms with Crippen LogP contribution in [0.15, 0.2) is 61.2 Å². The highest BCUT2D eigenvalue weighted by Crippen LogP contribution is 2.34. The number of aryl methyl sites for hydroxylation is 1. The van der Waals surface area contributed by atoms with Crippen molar-refractivity contribution in [1.29, 1.82) is 0 Å². The summed E-state index contributed by atoms with van der Waals surface area (Å²) in [7, 11) is 3.58. The fraction of sp³-hybridized carbons (Fsp3) is 0.292. The molecule has 1 saturated heterocycles. The number of anilines is 1. The van der Waals surface area contributed by atoms with Crippen LogP contribution in [-0.4, -0.2) is 59.0 Å². The van der Waals surface area contributed by atoms with Gasteiger partial charge in [0.25, 0.3) is 5.91 Å². The highest BCUT2D eigenvalue weighted by atomic mass is 16.3. The molecular weight excluding hydrogens is 432 g/mol.